The standard InChI is InChI=1S/C26H22N4O5S.CH4/c31-21(18-7-2-1-3-8-18)17-29-20-10-5-4-9-19(20)23(24(26(29)33)30(34)35)27-12-14-28(15-13-27)25(32)22-11-6-16-36-22;/h1-11,16H,12-15,17H2;1H4. The Labute approximate surface area is 217 Å². The van der Waals surface area contributed by atoms with Crippen LogP contribution in [0.2, 0.25) is 0 Å². The highest BCUT2D eigenvalue weighted by atomic mass is 32.1. The van der Waals surface area contributed by atoms with Crippen LogP contribution in [0.4, 0.5) is 11.4 Å². The number of carbonyl (C=O) groups excluding carboxylic acids is 2. The van der Waals surface area contributed by atoms with Crippen molar-refractivity contribution < 1.29 is 14.5 Å². The number of anilines is 1. The van der Waals surface area contributed by atoms with Crippen molar-refractivity contribution in [2.45, 2.75) is 14.0 Å². The molecular weight excluding hydrogens is 492 g/mol. The van der Waals surface area contributed by atoms with Crippen molar-refractivity contribution in [1.29, 1.82) is 0 Å². The van der Waals surface area contributed by atoms with E-state index < -0.39 is 16.2 Å². The zero-order valence-corrected chi connectivity index (χ0v) is 20.0. The molecule has 4 aromatic rings. The Hall–Kier alpha value is -4.31. The van der Waals surface area contributed by atoms with Gasteiger partial charge in [0.05, 0.1) is 21.9 Å². The molecule has 0 atom stereocenters. The number of nitrogens with zero attached hydrogens (tertiary/aromatic N) is 4. The van der Waals surface area contributed by atoms with Crippen LogP contribution in [0.1, 0.15) is 27.5 Å². The van der Waals surface area contributed by atoms with E-state index in [-0.39, 0.29) is 31.3 Å². The average molecular weight is 519 g/mol. The Morgan fingerprint density at radius 2 is 1.59 bits per heavy atom. The number of Topliss-reactive ketones (excluding diaryl/α,β-unsaturated/α-hetero) is 1. The summed E-state index contributed by atoms with van der Waals surface area (Å²) in [6, 6.07) is 19.0. The molecule has 0 radical (unpaired) electrons. The highest BCUT2D eigenvalue weighted by Crippen LogP contribution is 2.34. The lowest BCUT2D eigenvalue weighted by Gasteiger charge is -2.36. The number of ketones is 1. The predicted molar refractivity (Wildman–Crippen MR) is 145 cm³/mol. The number of rotatable bonds is 6. The zero-order valence-electron chi connectivity index (χ0n) is 19.2. The molecule has 0 aliphatic carbocycles. The summed E-state index contributed by atoms with van der Waals surface area (Å²) in [6.07, 6.45) is 0. The fraction of sp³-hybridized carbons (Fsp3) is 0.222. The van der Waals surface area contributed by atoms with Crippen molar-refractivity contribution in [2.75, 3.05) is 31.1 Å². The molecule has 9 nitrogen and oxygen atoms in total. The van der Waals surface area contributed by atoms with Gasteiger partial charge < -0.3 is 9.80 Å². The minimum absolute atomic E-state index is 0. The summed E-state index contributed by atoms with van der Waals surface area (Å²) in [7, 11) is 0. The zero-order chi connectivity index (χ0) is 25.2. The lowest BCUT2D eigenvalue weighted by Crippen LogP contribution is -2.49. The van der Waals surface area contributed by atoms with Gasteiger partial charge in [0.2, 0.25) is 0 Å². The molecule has 1 aliphatic rings. The van der Waals surface area contributed by atoms with Crippen LogP contribution in [-0.4, -0.2) is 52.3 Å². The van der Waals surface area contributed by atoms with Crippen molar-refractivity contribution >= 4 is 45.3 Å². The van der Waals surface area contributed by atoms with E-state index >= 15 is 0 Å². The van der Waals surface area contributed by atoms with Crippen molar-refractivity contribution in [2.24, 2.45) is 0 Å². The number of para-hydroxylation sites is 1. The summed E-state index contributed by atoms with van der Waals surface area (Å²) in [6.45, 7) is 1.12. The van der Waals surface area contributed by atoms with E-state index in [1.807, 2.05) is 11.4 Å². The number of fused-ring (bicyclic) bond motifs is 1. The van der Waals surface area contributed by atoms with Crippen molar-refractivity contribution in [1.82, 2.24) is 9.47 Å². The third-order valence-electron chi connectivity index (χ3n) is 6.32. The highest BCUT2D eigenvalue weighted by molar-refractivity contribution is 7.12. The quantitative estimate of drug-likeness (QED) is 0.212. The molecule has 2 aromatic carbocycles. The minimum atomic E-state index is -0.824. The van der Waals surface area contributed by atoms with Crippen LogP contribution in [0.3, 0.4) is 0 Å². The van der Waals surface area contributed by atoms with Crippen molar-refractivity contribution in [3.05, 3.63) is 103 Å². The van der Waals surface area contributed by atoms with E-state index in [1.165, 1.54) is 15.9 Å². The molecular formula is C27H26N4O5S. The second kappa shape index (κ2) is 10.8. The Morgan fingerprint density at radius 3 is 2.24 bits per heavy atom. The van der Waals surface area contributed by atoms with Crippen LogP contribution >= 0.6 is 11.3 Å². The van der Waals surface area contributed by atoms with Crippen LogP contribution < -0.4 is 10.5 Å². The van der Waals surface area contributed by atoms with Gasteiger partial charge in [-0.15, -0.1) is 11.3 Å². The third-order valence-corrected chi connectivity index (χ3v) is 7.17. The molecule has 0 saturated carbocycles. The first-order valence-corrected chi connectivity index (χ1v) is 12.3. The maximum absolute atomic E-state index is 13.5. The molecule has 1 amide bonds. The smallest absolute Gasteiger partial charge is 0.357 e. The molecule has 0 unspecified atom stereocenters. The number of hydrogen-bond donors (Lipinski definition) is 0. The van der Waals surface area contributed by atoms with E-state index in [9.17, 15) is 24.5 Å². The van der Waals surface area contributed by atoms with Gasteiger partial charge in [0, 0.05) is 37.1 Å². The number of pyridine rings is 1. The normalized spacial score (nSPS) is 13.3. The van der Waals surface area contributed by atoms with Gasteiger partial charge in [-0.05, 0) is 17.5 Å². The molecule has 1 saturated heterocycles. The van der Waals surface area contributed by atoms with E-state index in [4.69, 9.17) is 0 Å². The first kappa shape index (κ1) is 25.8. The number of aromatic nitrogens is 1. The summed E-state index contributed by atoms with van der Waals surface area (Å²) in [5, 5.41) is 14.5. The van der Waals surface area contributed by atoms with Crippen LogP contribution in [-0.2, 0) is 6.54 Å². The van der Waals surface area contributed by atoms with Gasteiger partial charge >= 0.3 is 11.2 Å². The fourth-order valence-electron chi connectivity index (χ4n) is 4.57. The number of piperazine rings is 1. The fourth-order valence-corrected chi connectivity index (χ4v) is 5.26. The first-order valence-electron chi connectivity index (χ1n) is 11.4. The summed E-state index contributed by atoms with van der Waals surface area (Å²) in [5.41, 5.74) is -0.286. The largest absolute Gasteiger partial charge is 0.362 e. The molecule has 0 N–H and O–H groups in total. The molecule has 190 valence electrons. The molecule has 5 rings (SSSR count). The van der Waals surface area contributed by atoms with E-state index in [2.05, 4.69) is 0 Å². The Balaban J connectivity index is 0.00000320. The number of carbonyl (C=O) groups is 2. The lowest BCUT2D eigenvalue weighted by molar-refractivity contribution is -0.385. The number of hydrogen-bond acceptors (Lipinski definition) is 7. The number of thiophene rings is 1. The molecule has 2 aromatic heterocycles. The van der Waals surface area contributed by atoms with Crippen LogP contribution in [0.5, 0.6) is 0 Å². The molecule has 0 bridgehead atoms. The van der Waals surface area contributed by atoms with E-state index in [0.29, 0.717) is 47.5 Å². The molecule has 1 fully saturated rings. The maximum atomic E-state index is 13.5. The molecule has 1 aliphatic heterocycles. The van der Waals surface area contributed by atoms with E-state index in [1.54, 1.807) is 70.5 Å². The molecule has 37 heavy (non-hydrogen) atoms. The number of benzene rings is 2. The monoisotopic (exact) mass is 518 g/mol. The van der Waals surface area contributed by atoms with Gasteiger partial charge in [0.25, 0.3) is 5.91 Å². The lowest BCUT2D eigenvalue weighted by atomic mass is 10.1. The van der Waals surface area contributed by atoms with Gasteiger partial charge in [-0.2, -0.15) is 0 Å². The average Bonchev–Trinajstić information content (AvgIpc) is 3.45. The van der Waals surface area contributed by atoms with Gasteiger partial charge in [0.1, 0.15) is 5.69 Å². The predicted octanol–water partition coefficient (Wildman–Crippen LogP) is 4.45. The first-order chi connectivity index (χ1) is 17.5. The topological polar surface area (TPSA) is 106 Å². The summed E-state index contributed by atoms with van der Waals surface area (Å²) >= 11 is 1.37. The second-order valence-corrected chi connectivity index (χ2v) is 9.36. The Bertz CT molecular complexity index is 1510. The van der Waals surface area contributed by atoms with Gasteiger partial charge in [-0.3, -0.25) is 29.1 Å². The number of amides is 1. The molecule has 0 spiro atoms. The second-order valence-electron chi connectivity index (χ2n) is 8.41. The van der Waals surface area contributed by atoms with Crippen LogP contribution in [0, 0.1) is 10.1 Å². The maximum Gasteiger partial charge on any atom is 0.357 e. The van der Waals surface area contributed by atoms with Gasteiger partial charge in [-0.25, -0.2) is 0 Å². The van der Waals surface area contributed by atoms with Gasteiger partial charge in [0.15, 0.2) is 5.78 Å². The summed E-state index contributed by atoms with van der Waals surface area (Å²) < 4.78 is 1.18. The SMILES string of the molecule is C.O=C(Cn1c(=O)c([N+](=O)[O-])c(N2CCN(C(=O)c3cccs3)CC2)c2ccccc21)c1ccccc1. The third kappa shape index (κ3) is 4.88. The summed E-state index contributed by atoms with van der Waals surface area (Å²) in [4.78, 5) is 54.8. The highest BCUT2D eigenvalue weighted by Gasteiger charge is 2.32. The molecule has 3 heterocycles. The Kier molecular flexibility index (Phi) is 7.49. The summed E-state index contributed by atoms with van der Waals surface area (Å²) in [5.74, 6) is -0.385. The van der Waals surface area contributed by atoms with Crippen molar-refractivity contribution in [3.8, 4) is 0 Å². The van der Waals surface area contributed by atoms with Crippen molar-refractivity contribution in [3.63, 3.8) is 0 Å². The van der Waals surface area contributed by atoms with Gasteiger partial charge in [-0.1, -0.05) is 62.0 Å². The Morgan fingerprint density at radius 1 is 0.919 bits per heavy atom. The van der Waals surface area contributed by atoms with Crippen LogP contribution in [0.25, 0.3) is 10.9 Å². The number of nitro groups is 1. The van der Waals surface area contributed by atoms with E-state index in [0.717, 1.165) is 0 Å². The molecule has 10 heteroatoms. The minimum Gasteiger partial charge on any atom is -0.362 e. The van der Waals surface area contributed by atoms with Crippen LogP contribution in [0.15, 0.2) is 76.9 Å².